The average Bonchev–Trinajstić information content (AvgIpc) is 2.45. The molecule has 0 aliphatic carbocycles. The highest BCUT2D eigenvalue weighted by molar-refractivity contribution is 6.19. The van der Waals surface area contributed by atoms with E-state index in [1.54, 1.807) is 0 Å². The second-order valence-corrected chi connectivity index (χ2v) is 6.87. The Kier molecular flexibility index (Phi) is 7.74. The minimum atomic E-state index is 0.0405. The van der Waals surface area contributed by atoms with Crippen LogP contribution in [0.1, 0.15) is 51.5 Å². The van der Waals surface area contributed by atoms with Crippen LogP contribution >= 0.6 is 11.6 Å². The third kappa shape index (κ3) is 8.06. The summed E-state index contributed by atoms with van der Waals surface area (Å²) in [7, 11) is 0. The summed E-state index contributed by atoms with van der Waals surface area (Å²) in [5, 5.41) is 0. The summed E-state index contributed by atoms with van der Waals surface area (Å²) in [5.41, 5.74) is 2.41. The van der Waals surface area contributed by atoms with E-state index < -0.39 is 0 Å². The third-order valence-electron chi connectivity index (χ3n) is 3.78. The Morgan fingerprint density at radius 1 is 1.19 bits per heavy atom. The smallest absolute Gasteiger partial charge is 0.133 e. The van der Waals surface area contributed by atoms with Gasteiger partial charge in [0, 0.05) is 18.7 Å². The molecule has 0 fully saturated rings. The average molecular weight is 307 g/mol. The first-order chi connectivity index (χ1) is 9.93. The monoisotopic (exact) mass is 306 g/mol. The number of carbonyl (C=O) groups is 1. The highest BCUT2D eigenvalue weighted by Crippen LogP contribution is 2.29. The van der Waals surface area contributed by atoms with Crippen molar-refractivity contribution >= 4 is 17.4 Å². The summed E-state index contributed by atoms with van der Waals surface area (Å²) in [4.78, 5) is 12.1. The van der Waals surface area contributed by atoms with Gasteiger partial charge in [-0.1, -0.05) is 56.3 Å². The van der Waals surface area contributed by atoms with Crippen LogP contribution in [0.5, 0.6) is 0 Å². The molecule has 0 atom stereocenters. The molecule has 1 nitrogen and oxygen atoms in total. The molecule has 0 saturated heterocycles. The second-order valence-electron chi connectivity index (χ2n) is 6.60. The summed E-state index contributed by atoms with van der Waals surface area (Å²) >= 11 is 5.75. The maximum absolute atomic E-state index is 12.1. The van der Waals surface area contributed by atoms with Crippen LogP contribution in [-0.4, -0.2) is 11.7 Å². The first kappa shape index (κ1) is 18.0. The number of ketones is 1. The van der Waals surface area contributed by atoms with Crippen molar-refractivity contribution in [2.45, 2.75) is 52.4 Å². The zero-order valence-electron chi connectivity index (χ0n) is 13.3. The van der Waals surface area contributed by atoms with Crippen molar-refractivity contribution in [2.24, 2.45) is 5.41 Å². The quantitative estimate of drug-likeness (QED) is 0.408. The standard InChI is InChI=1S/C19H27ClO/c1-16(15-20)12-13-19(2,3)14-18(21)11-7-10-17-8-5-4-6-9-17/h4-6,8-9H,1,7,10-15H2,2-3H3. The van der Waals surface area contributed by atoms with Gasteiger partial charge in [-0.2, -0.15) is 0 Å². The number of Topliss-reactive ketones (excluding diaryl/α,β-unsaturated/α-hetero) is 1. The largest absolute Gasteiger partial charge is 0.300 e. The van der Waals surface area contributed by atoms with Crippen molar-refractivity contribution in [3.63, 3.8) is 0 Å². The molecule has 0 aliphatic heterocycles. The van der Waals surface area contributed by atoms with Gasteiger partial charge >= 0.3 is 0 Å². The molecule has 1 aromatic carbocycles. The van der Waals surface area contributed by atoms with Gasteiger partial charge in [0.2, 0.25) is 0 Å². The van der Waals surface area contributed by atoms with E-state index in [1.165, 1.54) is 5.56 Å². The molecule has 0 radical (unpaired) electrons. The molecule has 0 aromatic heterocycles. The van der Waals surface area contributed by atoms with Crippen LogP contribution in [0.25, 0.3) is 0 Å². The Hall–Kier alpha value is -1.08. The summed E-state index contributed by atoms with van der Waals surface area (Å²) in [6, 6.07) is 10.3. The molecule has 0 unspecified atom stereocenters. The number of allylic oxidation sites excluding steroid dienone is 1. The van der Waals surface area contributed by atoms with Gasteiger partial charge in [-0.05, 0) is 36.7 Å². The maximum Gasteiger partial charge on any atom is 0.133 e. The number of halogens is 1. The van der Waals surface area contributed by atoms with Gasteiger partial charge in [-0.3, -0.25) is 4.79 Å². The van der Waals surface area contributed by atoms with E-state index in [0.29, 0.717) is 24.5 Å². The third-order valence-corrected chi connectivity index (χ3v) is 4.16. The zero-order chi connectivity index (χ0) is 15.7. The Morgan fingerprint density at radius 3 is 2.48 bits per heavy atom. The van der Waals surface area contributed by atoms with Gasteiger partial charge in [0.1, 0.15) is 5.78 Å². The fourth-order valence-electron chi connectivity index (χ4n) is 2.43. The predicted molar refractivity (Wildman–Crippen MR) is 91.9 cm³/mol. The summed E-state index contributed by atoms with van der Waals surface area (Å²) in [6.07, 6.45) is 5.13. The molecule has 0 N–H and O–H groups in total. The number of hydrogen-bond acceptors (Lipinski definition) is 1. The van der Waals surface area contributed by atoms with E-state index in [1.807, 2.05) is 18.2 Å². The minimum absolute atomic E-state index is 0.0405. The van der Waals surface area contributed by atoms with Gasteiger partial charge in [-0.15, -0.1) is 11.6 Å². The van der Waals surface area contributed by atoms with Crippen LogP contribution in [-0.2, 0) is 11.2 Å². The Morgan fingerprint density at radius 2 is 1.86 bits per heavy atom. The number of aryl methyl sites for hydroxylation is 1. The van der Waals surface area contributed by atoms with Crippen LogP contribution in [0, 0.1) is 5.41 Å². The SMILES string of the molecule is C=C(CCl)CCC(C)(C)CC(=O)CCCc1ccccc1. The molecular formula is C19H27ClO. The molecular weight excluding hydrogens is 280 g/mol. The molecule has 0 amide bonds. The number of hydrogen-bond donors (Lipinski definition) is 0. The summed E-state index contributed by atoms with van der Waals surface area (Å²) in [5.74, 6) is 0.883. The van der Waals surface area contributed by atoms with E-state index in [9.17, 15) is 4.79 Å². The van der Waals surface area contributed by atoms with Gasteiger partial charge in [-0.25, -0.2) is 0 Å². The van der Waals surface area contributed by atoms with Gasteiger partial charge < -0.3 is 0 Å². The molecule has 1 aromatic rings. The molecule has 0 saturated carbocycles. The Bertz CT molecular complexity index is 448. The lowest BCUT2D eigenvalue weighted by molar-refractivity contribution is -0.121. The van der Waals surface area contributed by atoms with Gasteiger partial charge in [0.05, 0.1) is 0 Å². The van der Waals surface area contributed by atoms with Crippen molar-refractivity contribution in [1.82, 2.24) is 0 Å². The van der Waals surface area contributed by atoms with Gasteiger partial charge in [0.25, 0.3) is 0 Å². The van der Waals surface area contributed by atoms with Gasteiger partial charge in [0.15, 0.2) is 0 Å². The fraction of sp³-hybridized carbons (Fsp3) is 0.526. The Balaban J connectivity index is 2.27. The molecule has 0 heterocycles. The van der Waals surface area contributed by atoms with Crippen LogP contribution in [0.2, 0.25) is 0 Å². The van der Waals surface area contributed by atoms with E-state index in [-0.39, 0.29) is 5.41 Å². The first-order valence-corrected chi connectivity index (χ1v) is 8.25. The van der Waals surface area contributed by atoms with E-state index in [2.05, 4.69) is 32.6 Å². The van der Waals surface area contributed by atoms with Crippen molar-refractivity contribution in [2.75, 3.05) is 5.88 Å². The predicted octanol–water partition coefficient (Wildman–Crippen LogP) is 5.57. The molecule has 21 heavy (non-hydrogen) atoms. The lowest BCUT2D eigenvalue weighted by Gasteiger charge is -2.24. The first-order valence-electron chi connectivity index (χ1n) is 7.71. The topological polar surface area (TPSA) is 17.1 Å². The maximum atomic E-state index is 12.1. The van der Waals surface area contributed by atoms with E-state index in [0.717, 1.165) is 31.3 Å². The normalized spacial score (nSPS) is 11.4. The van der Waals surface area contributed by atoms with Crippen molar-refractivity contribution in [3.05, 3.63) is 48.0 Å². The lowest BCUT2D eigenvalue weighted by atomic mass is 9.81. The zero-order valence-corrected chi connectivity index (χ0v) is 14.1. The number of benzene rings is 1. The summed E-state index contributed by atoms with van der Waals surface area (Å²) < 4.78 is 0. The fourth-order valence-corrected chi connectivity index (χ4v) is 2.56. The minimum Gasteiger partial charge on any atom is -0.300 e. The molecule has 116 valence electrons. The molecule has 0 aliphatic rings. The number of alkyl halides is 1. The second kappa shape index (κ2) is 9.04. The molecule has 1 rings (SSSR count). The Labute approximate surface area is 134 Å². The van der Waals surface area contributed by atoms with Crippen LogP contribution in [0.4, 0.5) is 0 Å². The van der Waals surface area contributed by atoms with Crippen LogP contribution < -0.4 is 0 Å². The van der Waals surface area contributed by atoms with Crippen LogP contribution in [0.3, 0.4) is 0 Å². The van der Waals surface area contributed by atoms with Crippen molar-refractivity contribution in [3.8, 4) is 0 Å². The summed E-state index contributed by atoms with van der Waals surface area (Å²) in [6.45, 7) is 8.23. The highest BCUT2D eigenvalue weighted by Gasteiger charge is 2.21. The number of carbonyl (C=O) groups excluding carboxylic acids is 1. The molecule has 0 spiro atoms. The van der Waals surface area contributed by atoms with Crippen molar-refractivity contribution in [1.29, 1.82) is 0 Å². The molecule has 0 bridgehead atoms. The number of rotatable bonds is 10. The van der Waals surface area contributed by atoms with E-state index >= 15 is 0 Å². The lowest BCUT2D eigenvalue weighted by Crippen LogP contribution is -2.17. The molecule has 2 heteroatoms. The van der Waals surface area contributed by atoms with Crippen molar-refractivity contribution < 1.29 is 4.79 Å². The highest BCUT2D eigenvalue weighted by atomic mass is 35.5. The van der Waals surface area contributed by atoms with Crippen LogP contribution in [0.15, 0.2) is 42.5 Å². The van der Waals surface area contributed by atoms with E-state index in [4.69, 9.17) is 11.6 Å².